The number of aromatic nitrogens is 1. The summed E-state index contributed by atoms with van der Waals surface area (Å²) in [5.41, 5.74) is 0.610. The van der Waals surface area contributed by atoms with E-state index in [0.29, 0.717) is 30.3 Å². The molecule has 0 bridgehead atoms. The summed E-state index contributed by atoms with van der Waals surface area (Å²) in [7, 11) is 2.93. The third-order valence-corrected chi connectivity index (χ3v) is 3.74. The SMILES string of the molecule is COCc1nc(C2CNCCO2)sc1C(=O)OC. The second-order valence-corrected chi connectivity index (χ2v) is 4.85. The molecular weight excluding hydrogens is 256 g/mol. The van der Waals surface area contributed by atoms with Crippen LogP contribution in [-0.4, -0.2) is 44.9 Å². The Bertz CT molecular complexity index is 415. The summed E-state index contributed by atoms with van der Waals surface area (Å²) in [6.45, 7) is 2.50. The van der Waals surface area contributed by atoms with Gasteiger partial charge in [0.1, 0.15) is 16.0 Å². The summed E-state index contributed by atoms with van der Waals surface area (Å²) >= 11 is 1.31. The number of nitrogens with one attached hydrogen (secondary N) is 1. The summed E-state index contributed by atoms with van der Waals surface area (Å²) < 4.78 is 15.4. The molecule has 100 valence electrons. The number of hydrogen-bond acceptors (Lipinski definition) is 7. The lowest BCUT2D eigenvalue weighted by atomic mass is 10.3. The molecular formula is C11H16N2O4S. The lowest BCUT2D eigenvalue weighted by molar-refractivity contribution is 0.0273. The van der Waals surface area contributed by atoms with Crippen LogP contribution in [0, 0.1) is 0 Å². The number of esters is 1. The van der Waals surface area contributed by atoms with E-state index in [4.69, 9.17) is 14.2 Å². The van der Waals surface area contributed by atoms with Gasteiger partial charge in [-0.3, -0.25) is 0 Å². The summed E-state index contributed by atoms with van der Waals surface area (Å²) in [6, 6.07) is 0. The molecule has 1 unspecified atom stereocenters. The van der Waals surface area contributed by atoms with Crippen molar-refractivity contribution in [2.45, 2.75) is 12.7 Å². The molecule has 2 rings (SSSR count). The Kier molecular flexibility index (Phi) is 4.65. The van der Waals surface area contributed by atoms with E-state index in [1.807, 2.05) is 0 Å². The van der Waals surface area contributed by atoms with Crippen molar-refractivity contribution in [3.05, 3.63) is 15.6 Å². The number of carbonyl (C=O) groups is 1. The highest BCUT2D eigenvalue weighted by Crippen LogP contribution is 2.28. The van der Waals surface area contributed by atoms with E-state index in [2.05, 4.69) is 10.3 Å². The Morgan fingerprint density at radius 2 is 2.44 bits per heavy atom. The van der Waals surface area contributed by atoms with Gasteiger partial charge in [-0.15, -0.1) is 11.3 Å². The summed E-state index contributed by atoms with van der Waals surface area (Å²) in [6.07, 6.45) is -0.0993. The molecule has 1 aromatic rings. The highest BCUT2D eigenvalue weighted by molar-refractivity contribution is 7.13. The lowest BCUT2D eigenvalue weighted by Gasteiger charge is -2.21. The van der Waals surface area contributed by atoms with Gasteiger partial charge in [0.25, 0.3) is 0 Å². The van der Waals surface area contributed by atoms with Crippen molar-refractivity contribution < 1.29 is 19.0 Å². The zero-order valence-electron chi connectivity index (χ0n) is 10.4. The third-order valence-electron chi connectivity index (χ3n) is 2.57. The summed E-state index contributed by atoms with van der Waals surface area (Å²) in [4.78, 5) is 16.6. The molecule has 0 aliphatic carbocycles. The van der Waals surface area contributed by atoms with Crippen LogP contribution < -0.4 is 5.32 Å². The van der Waals surface area contributed by atoms with Crippen LogP contribution in [0.2, 0.25) is 0 Å². The summed E-state index contributed by atoms with van der Waals surface area (Å²) in [5, 5.41) is 4.02. The van der Waals surface area contributed by atoms with Gasteiger partial charge in [-0.05, 0) is 0 Å². The molecule has 1 atom stereocenters. The van der Waals surface area contributed by atoms with E-state index < -0.39 is 0 Å². The first-order valence-electron chi connectivity index (χ1n) is 5.65. The number of carbonyl (C=O) groups excluding carboxylic acids is 1. The molecule has 0 aromatic carbocycles. The molecule has 1 aliphatic heterocycles. The molecule has 1 fully saturated rings. The van der Waals surface area contributed by atoms with Crippen molar-refractivity contribution in [3.63, 3.8) is 0 Å². The Morgan fingerprint density at radius 1 is 1.61 bits per heavy atom. The minimum absolute atomic E-state index is 0.0993. The maximum Gasteiger partial charge on any atom is 0.350 e. The van der Waals surface area contributed by atoms with E-state index in [1.54, 1.807) is 7.11 Å². The second kappa shape index (κ2) is 6.24. The minimum Gasteiger partial charge on any atom is -0.465 e. The molecule has 0 amide bonds. The van der Waals surface area contributed by atoms with E-state index in [9.17, 15) is 4.79 Å². The van der Waals surface area contributed by atoms with Crippen LogP contribution in [0.15, 0.2) is 0 Å². The molecule has 1 aromatic heterocycles. The predicted octanol–water partition coefficient (Wildman–Crippen LogP) is 0.737. The molecule has 1 aliphatic rings. The topological polar surface area (TPSA) is 69.7 Å². The number of methoxy groups -OCH3 is 2. The number of thiazole rings is 1. The first-order chi connectivity index (χ1) is 8.76. The minimum atomic E-state index is -0.380. The average molecular weight is 272 g/mol. The van der Waals surface area contributed by atoms with E-state index in [0.717, 1.165) is 11.6 Å². The largest absolute Gasteiger partial charge is 0.465 e. The number of morpholine rings is 1. The second-order valence-electron chi connectivity index (χ2n) is 3.82. The number of hydrogen-bond donors (Lipinski definition) is 1. The molecule has 1 N–H and O–H groups in total. The molecule has 0 saturated carbocycles. The summed E-state index contributed by atoms with van der Waals surface area (Å²) in [5.74, 6) is -0.380. The van der Waals surface area contributed by atoms with Gasteiger partial charge in [-0.2, -0.15) is 0 Å². The zero-order chi connectivity index (χ0) is 13.0. The van der Waals surface area contributed by atoms with Crippen LogP contribution in [0.3, 0.4) is 0 Å². The molecule has 7 heteroatoms. The smallest absolute Gasteiger partial charge is 0.350 e. The van der Waals surface area contributed by atoms with E-state index >= 15 is 0 Å². The molecule has 1 saturated heterocycles. The standard InChI is InChI=1S/C11H16N2O4S/c1-15-6-7-9(11(14)16-2)18-10(13-7)8-5-12-3-4-17-8/h8,12H,3-6H2,1-2H3. The maximum absolute atomic E-state index is 11.6. The maximum atomic E-state index is 11.6. The van der Waals surface area contributed by atoms with Gasteiger partial charge in [0, 0.05) is 20.2 Å². The fourth-order valence-electron chi connectivity index (χ4n) is 1.72. The van der Waals surface area contributed by atoms with Gasteiger partial charge in [-0.1, -0.05) is 0 Å². The average Bonchev–Trinajstić information content (AvgIpc) is 2.83. The molecule has 0 radical (unpaired) electrons. The molecule has 0 spiro atoms. The van der Waals surface area contributed by atoms with E-state index in [1.165, 1.54) is 18.4 Å². The van der Waals surface area contributed by atoms with Gasteiger partial charge in [0.2, 0.25) is 0 Å². The number of nitrogens with zero attached hydrogens (tertiary/aromatic N) is 1. The molecule has 2 heterocycles. The van der Waals surface area contributed by atoms with Crippen molar-refractivity contribution in [2.75, 3.05) is 33.9 Å². The van der Waals surface area contributed by atoms with Crippen molar-refractivity contribution >= 4 is 17.3 Å². The Hall–Kier alpha value is -1.02. The first-order valence-corrected chi connectivity index (χ1v) is 6.47. The van der Waals surface area contributed by atoms with Crippen molar-refractivity contribution in [1.82, 2.24) is 10.3 Å². The first kappa shape index (κ1) is 13.4. The Morgan fingerprint density at radius 3 is 3.06 bits per heavy atom. The molecule has 18 heavy (non-hydrogen) atoms. The van der Waals surface area contributed by atoms with Crippen LogP contribution in [0.4, 0.5) is 0 Å². The van der Waals surface area contributed by atoms with Crippen LogP contribution in [-0.2, 0) is 20.8 Å². The van der Waals surface area contributed by atoms with Crippen LogP contribution in [0.1, 0.15) is 26.5 Å². The monoisotopic (exact) mass is 272 g/mol. The number of ether oxygens (including phenoxy) is 3. The van der Waals surface area contributed by atoms with Gasteiger partial charge < -0.3 is 19.5 Å². The predicted molar refractivity (Wildman–Crippen MR) is 65.7 cm³/mol. The molecule has 6 nitrogen and oxygen atoms in total. The number of rotatable bonds is 4. The van der Waals surface area contributed by atoms with Crippen molar-refractivity contribution in [1.29, 1.82) is 0 Å². The quantitative estimate of drug-likeness (QED) is 0.815. The van der Waals surface area contributed by atoms with Crippen LogP contribution in [0.25, 0.3) is 0 Å². The third kappa shape index (κ3) is 2.86. The van der Waals surface area contributed by atoms with Crippen molar-refractivity contribution in [3.8, 4) is 0 Å². The normalized spacial score (nSPS) is 19.8. The van der Waals surface area contributed by atoms with Gasteiger partial charge in [0.15, 0.2) is 0 Å². The van der Waals surface area contributed by atoms with Crippen LogP contribution >= 0.6 is 11.3 Å². The van der Waals surface area contributed by atoms with Gasteiger partial charge >= 0.3 is 5.97 Å². The van der Waals surface area contributed by atoms with E-state index in [-0.39, 0.29) is 12.1 Å². The Balaban J connectivity index is 2.23. The fraction of sp³-hybridized carbons (Fsp3) is 0.636. The fourth-order valence-corrected chi connectivity index (χ4v) is 2.76. The zero-order valence-corrected chi connectivity index (χ0v) is 11.2. The van der Waals surface area contributed by atoms with Crippen molar-refractivity contribution in [2.24, 2.45) is 0 Å². The highest BCUT2D eigenvalue weighted by Gasteiger charge is 2.25. The van der Waals surface area contributed by atoms with Gasteiger partial charge in [-0.25, -0.2) is 9.78 Å². The van der Waals surface area contributed by atoms with Crippen LogP contribution in [0.5, 0.6) is 0 Å². The lowest BCUT2D eigenvalue weighted by Crippen LogP contribution is -2.33. The van der Waals surface area contributed by atoms with Gasteiger partial charge in [0.05, 0.1) is 26.0 Å². The Labute approximate surface area is 109 Å². The highest BCUT2D eigenvalue weighted by atomic mass is 32.1.